The van der Waals surface area contributed by atoms with E-state index in [0.717, 1.165) is 15.6 Å². The van der Waals surface area contributed by atoms with Crippen molar-refractivity contribution >= 4 is 27.9 Å². The van der Waals surface area contributed by atoms with Gasteiger partial charge in [0.05, 0.1) is 5.41 Å². The summed E-state index contributed by atoms with van der Waals surface area (Å²) in [5.41, 5.74) is 0.510. The van der Waals surface area contributed by atoms with Crippen LogP contribution >= 0.6 is 15.9 Å². The average molecular weight is 444 g/mol. The molecule has 1 aliphatic heterocycles. The highest BCUT2D eigenvalue weighted by atomic mass is 79.9. The molecule has 148 valence electrons. The molecule has 0 aliphatic carbocycles. The van der Waals surface area contributed by atoms with E-state index in [1.165, 1.54) is 4.90 Å². The van der Waals surface area contributed by atoms with Crippen molar-refractivity contribution in [2.24, 2.45) is 0 Å². The second kappa shape index (κ2) is 7.70. The van der Waals surface area contributed by atoms with Crippen LogP contribution in [0.1, 0.15) is 51.2 Å². The molecule has 0 saturated carbocycles. The Morgan fingerprint density at radius 3 is 2.29 bits per heavy atom. The van der Waals surface area contributed by atoms with Crippen molar-refractivity contribution < 1.29 is 14.3 Å². The van der Waals surface area contributed by atoms with Crippen LogP contribution in [0.3, 0.4) is 0 Å². The highest BCUT2D eigenvalue weighted by molar-refractivity contribution is 9.10. The number of halogens is 1. The summed E-state index contributed by atoms with van der Waals surface area (Å²) in [6, 6.07) is 17.8. The molecule has 2 atom stereocenters. The van der Waals surface area contributed by atoms with Crippen molar-refractivity contribution in [3.8, 4) is 0 Å². The Morgan fingerprint density at radius 2 is 1.75 bits per heavy atom. The molecule has 0 aromatic heterocycles. The summed E-state index contributed by atoms with van der Waals surface area (Å²) in [6.07, 6.45) is 0.0152. The molecule has 0 radical (unpaired) electrons. The molecule has 0 spiro atoms. The van der Waals surface area contributed by atoms with Crippen LogP contribution in [-0.2, 0) is 14.9 Å². The van der Waals surface area contributed by atoms with Gasteiger partial charge < -0.3 is 4.74 Å². The number of ether oxygens (including phenoxy) is 1. The molecule has 1 fully saturated rings. The second-order valence-corrected chi connectivity index (χ2v) is 9.11. The standard InChI is InChI=1S/C23H26BrNO3/c1-5-23(17-9-7-6-8-10-17)19(16-11-13-18(24)14-12-16)15-25(20(23)26)21(27)28-22(2,3)4/h6-14,19H,5,15H2,1-4H3. The molecule has 3 rings (SSSR count). The quantitative estimate of drug-likeness (QED) is 0.614. The van der Waals surface area contributed by atoms with E-state index in [9.17, 15) is 9.59 Å². The number of nitrogens with zero attached hydrogens (tertiary/aromatic N) is 1. The van der Waals surface area contributed by atoms with Crippen molar-refractivity contribution in [3.63, 3.8) is 0 Å². The predicted molar refractivity (Wildman–Crippen MR) is 113 cm³/mol. The van der Waals surface area contributed by atoms with Crippen LogP contribution in [0.4, 0.5) is 4.79 Å². The van der Waals surface area contributed by atoms with Gasteiger partial charge in [-0.2, -0.15) is 0 Å². The smallest absolute Gasteiger partial charge is 0.417 e. The van der Waals surface area contributed by atoms with Crippen molar-refractivity contribution in [1.29, 1.82) is 0 Å². The van der Waals surface area contributed by atoms with Crippen LogP contribution in [0, 0.1) is 0 Å². The van der Waals surface area contributed by atoms with E-state index in [1.54, 1.807) is 0 Å². The fraction of sp³-hybridized carbons (Fsp3) is 0.391. The zero-order valence-electron chi connectivity index (χ0n) is 16.7. The van der Waals surface area contributed by atoms with Gasteiger partial charge >= 0.3 is 6.09 Å². The summed E-state index contributed by atoms with van der Waals surface area (Å²) in [7, 11) is 0. The maximum Gasteiger partial charge on any atom is 0.417 e. The third kappa shape index (κ3) is 3.72. The molecule has 1 saturated heterocycles. The molecule has 1 heterocycles. The first-order valence-electron chi connectivity index (χ1n) is 9.55. The number of likely N-dealkylation sites (tertiary alicyclic amines) is 1. The number of carbonyl (C=O) groups excluding carboxylic acids is 2. The van der Waals surface area contributed by atoms with Crippen molar-refractivity contribution in [2.45, 2.75) is 51.0 Å². The highest BCUT2D eigenvalue weighted by Gasteiger charge is 2.56. The average Bonchev–Trinajstić information content (AvgIpc) is 2.95. The van der Waals surface area contributed by atoms with Gasteiger partial charge in [0.15, 0.2) is 0 Å². The molecule has 1 aliphatic rings. The van der Waals surface area contributed by atoms with E-state index in [4.69, 9.17) is 4.74 Å². The van der Waals surface area contributed by atoms with Gasteiger partial charge in [-0.05, 0) is 50.5 Å². The van der Waals surface area contributed by atoms with Crippen LogP contribution in [0.15, 0.2) is 59.1 Å². The molecule has 0 N–H and O–H groups in total. The molecule has 2 unspecified atom stereocenters. The summed E-state index contributed by atoms with van der Waals surface area (Å²) in [5, 5.41) is 0. The van der Waals surface area contributed by atoms with Gasteiger partial charge in [0, 0.05) is 16.9 Å². The second-order valence-electron chi connectivity index (χ2n) is 8.19. The lowest BCUT2D eigenvalue weighted by molar-refractivity contribution is -0.132. The van der Waals surface area contributed by atoms with Crippen LogP contribution in [0.25, 0.3) is 0 Å². The third-order valence-electron chi connectivity index (χ3n) is 5.32. The summed E-state index contributed by atoms with van der Waals surface area (Å²) >= 11 is 3.47. The first-order chi connectivity index (χ1) is 13.2. The zero-order chi connectivity index (χ0) is 20.5. The molecule has 2 amide bonds. The minimum atomic E-state index is -0.800. The molecular weight excluding hydrogens is 418 g/mol. The number of hydrogen-bond donors (Lipinski definition) is 0. The van der Waals surface area contributed by atoms with Gasteiger partial charge in [-0.15, -0.1) is 0 Å². The topological polar surface area (TPSA) is 46.6 Å². The van der Waals surface area contributed by atoms with Crippen LogP contribution < -0.4 is 0 Å². The molecule has 2 aromatic rings. The summed E-state index contributed by atoms with van der Waals surface area (Å²) in [5.74, 6) is -0.337. The Balaban J connectivity index is 2.10. The lowest BCUT2D eigenvalue weighted by atomic mass is 9.67. The van der Waals surface area contributed by atoms with Gasteiger partial charge in [0.25, 0.3) is 0 Å². The van der Waals surface area contributed by atoms with Gasteiger partial charge in [0.1, 0.15) is 5.60 Å². The molecule has 4 nitrogen and oxygen atoms in total. The predicted octanol–water partition coefficient (Wildman–Crippen LogP) is 5.66. The van der Waals surface area contributed by atoms with Crippen LogP contribution in [0.5, 0.6) is 0 Å². The number of rotatable bonds is 3. The lowest BCUT2D eigenvalue weighted by Gasteiger charge is -2.32. The number of carbonyl (C=O) groups is 2. The Morgan fingerprint density at radius 1 is 1.14 bits per heavy atom. The normalized spacial score (nSPS) is 22.4. The number of imide groups is 1. The fourth-order valence-electron chi connectivity index (χ4n) is 4.03. The van der Waals surface area contributed by atoms with Crippen LogP contribution in [-0.4, -0.2) is 29.0 Å². The molecule has 28 heavy (non-hydrogen) atoms. The van der Waals surface area contributed by atoms with Gasteiger partial charge in [-0.1, -0.05) is 65.3 Å². The SMILES string of the molecule is CCC1(c2ccccc2)C(=O)N(C(=O)OC(C)(C)C)CC1c1ccc(Br)cc1. The van der Waals surface area contributed by atoms with Gasteiger partial charge in [-0.3, -0.25) is 4.79 Å². The summed E-state index contributed by atoms with van der Waals surface area (Å²) in [6.45, 7) is 7.74. The van der Waals surface area contributed by atoms with E-state index in [-0.39, 0.29) is 11.8 Å². The first kappa shape index (κ1) is 20.6. The Kier molecular flexibility index (Phi) is 5.67. The molecule has 0 bridgehead atoms. The third-order valence-corrected chi connectivity index (χ3v) is 5.85. The van der Waals surface area contributed by atoms with Gasteiger partial charge in [0.2, 0.25) is 5.91 Å². The van der Waals surface area contributed by atoms with E-state index in [2.05, 4.69) is 15.9 Å². The van der Waals surface area contributed by atoms with E-state index in [1.807, 2.05) is 82.3 Å². The lowest BCUT2D eigenvalue weighted by Crippen LogP contribution is -2.43. The van der Waals surface area contributed by atoms with Gasteiger partial charge in [-0.25, -0.2) is 9.69 Å². The van der Waals surface area contributed by atoms with Crippen molar-refractivity contribution in [2.75, 3.05) is 6.54 Å². The van der Waals surface area contributed by atoms with E-state index < -0.39 is 17.1 Å². The maximum absolute atomic E-state index is 13.7. The monoisotopic (exact) mass is 443 g/mol. The van der Waals surface area contributed by atoms with E-state index in [0.29, 0.717) is 13.0 Å². The largest absolute Gasteiger partial charge is 0.443 e. The number of amides is 2. The number of benzene rings is 2. The maximum atomic E-state index is 13.7. The fourth-order valence-corrected chi connectivity index (χ4v) is 4.30. The van der Waals surface area contributed by atoms with Crippen molar-refractivity contribution in [3.05, 3.63) is 70.2 Å². The first-order valence-corrected chi connectivity index (χ1v) is 10.3. The highest BCUT2D eigenvalue weighted by Crippen LogP contribution is 2.49. The molecular formula is C23H26BrNO3. The van der Waals surface area contributed by atoms with Crippen molar-refractivity contribution in [1.82, 2.24) is 4.90 Å². The minimum absolute atomic E-state index is 0.145. The minimum Gasteiger partial charge on any atom is -0.443 e. The Hall–Kier alpha value is -2.14. The van der Waals surface area contributed by atoms with E-state index >= 15 is 0 Å². The number of hydrogen-bond acceptors (Lipinski definition) is 3. The zero-order valence-corrected chi connectivity index (χ0v) is 18.3. The Labute approximate surface area is 175 Å². The van der Waals surface area contributed by atoms with Crippen LogP contribution in [0.2, 0.25) is 0 Å². The summed E-state index contributed by atoms with van der Waals surface area (Å²) in [4.78, 5) is 27.8. The molecule has 5 heteroatoms. The summed E-state index contributed by atoms with van der Waals surface area (Å²) < 4.78 is 6.51. The molecule has 2 aromatic carbocycles. The Bertz CT molecular complexity index is 858.